The van der Waals surface area contributed by atoms with Crippen molar-refractivity contribution in [2.24, 2.45) is 5.73 Å². The van der Waals surface area contributed by atoms with Gasteiger partial charge >= 0.3 is 0 Å². The number of carbonyl (C=O) groups is 2. The Morgan fingerprint density at radius 2 is 2.04 bits per heavy atom. The Balaban J connectivity index is 1.72. The van der Waals surface area contributed by atoms with Crippen molar-refractivity contribution in [2.75, 3.05) is 11.9 Å². The number of nitrogens with one attached hydrogen (secondary N) is 2. The van der Waals surface area contributed by atoms with Crippen LogP contribution in [0.25, 0.3) is 0 Å². The standard InChI is InChI=1S/C17H21N5O2/c1-10-14(15(16(18)23)21-20-10)19-17(24)11(2)22-8-7-12-5-3-4-6-13(12)9-22/h3-6,11H,7-9H2,1-2H3,(H2,18,23)(H,19,24)(H,20,21)/t11-/m0/s1. The molecule has 2 amide bonds. The molecule has 1 aliphatic rings. The fourth-order valence-electron chi connectivity index (χ4n) is 3.00. The summed E-state index contributed by atoms with van der Waals surface area (Å²) in [6.07, 6.45) is 0.922. The molecular formula is C17H21N5O2. The Morgan fingerprint density at radius 1 is 1.33 bits per heavy atom. The molecule has 7 nitrogen and oxygen atoms in total. The van der Waals surface area contributed by atoms with Gasteiger partial charge in [-0.15, -0.1) is 0 Å². The quantitative estimate of drug-likeness (QED) is 0.785. The number of benzene rings is 1. The van der Waals surface area contributed by atoms with E-state index in [4.69, 9.17) is 5.73 Å². The molecule has 4 N–H and O–H groups in total. The predicted molar refractivity (Wildman–Crippen MR) is 90.5 cm³/mol. The average Bonchev–Trinajstić information content (AvgIpc) is 2.94. The summed E-state index contributed by atoms with van der Waals surface area (Å²) in [5, 5.41) is 9.30. The van der Waals surface area contributed by atoms with Gasteiger partial charge in [-0.1, -0.05) is 24.3 Å². The molecular weight excluding hydrogens is 306 g/mol. The van der Waals surface area contributed by atoms with Crippen molar-refractivity contribution in [1.82, 2.24) is 15.1 Å². The zero-order chi connectivity index (χ0) is 17.3. The van der Waals surface area contributed by atoms with Crippen LogP contribution in [0.15, 0.2) is 24.3 Å². The second kappa shape index (κ2) is 6.45. The number of aromatic amines is 1. The van der Waals surface area contributed by atoms with E-state index in [0.29, 0.717) is 11.4 Å². The van der Waals surface area contributed by atoms with Gasteiger partial charge < -0.3 is 11.1 Å². The van der Waals surface area contributed by atoms with Gasteiger partial charge in [0.15, 0.2) is 5.69 Å². The number of carbonyl (C=O) groups excluding carboxylic acids is 2. The maximum atomic E-state index is 12.6. The molecule has 1 aromatic carbocycles. The highest BCUT2D eigenvalue weighted by Gasteiger charge is 2.27. The summed E-state index contributed by atoms with van der Waals surface area (Å²) in [4.78, 5) is 26.1. The van der Waals surface area contributed by atoms with Crippen molar-refractivity contribution >= 4 is 17.5 Å². The van der Waals surface area contributed by atoms with Crippen LogP contribution in [-0.2, 0) is 17.8 Å². The molecule has 1 aromatic heterocycles. The molecule has 7 heteroatoms. The fourth-order valence-corrected chi connectivity index (χ4v) is 3.00. The number of hydrogen-bond donors (Lipinski definition) is 3. The van der Waals surface area contributed by atoms with Crippen LogP contribution < -0.4 is 11.1 Å². The lowest BCUT2D eigenvalue weighted by Gasteiger charge is -2.32. The number of aromatic nitrogens is 2. The second-order valence-corrected chi connectivity index (χ2v) is 6.09. The van der Waals surface area contributed by atoms with E-state index in [2.05, 4.69) is 32.5 Å². The van der Waals surface area contributed by atoms with E-state index in [1.807, 2.05) is 19.1 Å². The summed E-state index contributed by atoms with van der Waals surface area (Å²) >= 11 is 0. The van der Waals surface area contributed by atoms with Crippen molar-refractivity contribution in [3.8, 4) is 0 Å². The van der Waals surface area contributed by atoms with Crippen LogP contribution in [-0.4, -0.2) is 39.5 Å². The lowest BCUT2D eigenvalue weighted by Crippen LogP contribution is -2.44. The Hall–Kier alpha value is -2.67. The van der Waals surface area contributed by atoms with Crippen LogP contribution in [0.5, 0.6) is 0 Å². The maximum Gasteiger partial charge on any atom is 0.271 e. The van der Waals surface area contributed by atoms with Crippen LogP contribution in [0.4, 0.5) is 5.69 Å². The van der Waals surface area contributed by atoms with Gasteiger partial charge in [0, 0.05) is 13.1 Å². The van der Waals surface area contributed by atoms with Gasteiger partial charge in [0.1, 0.15) is 0 Å². The molecule has 24 heavy (non-hydrogen) atoms. The van der Waals surface area contributed by atoms with Crippen LogP contribution in [0.3, 0.4) is 0 Å². The molecule has 1 aliphatic heterocycles. The minimum absolute atomic E-state index is 0.0528. The Labute approximate surface area is 140 Å². The summed E-state index contributed by atoms with van der Waals surface area (Å²) in [6, 6.07) is 7.95. The first-order chi connectivity index (χ1) is 11.5. The minimum atomic E-state index is -0.672. The number of anilines is 1. The SMILES string of the molecule is Cc1[nH]nc(C(N)=O)c1NC(=O)[C@H](C)N1CCc2ccccc2C1. The number of hydrogen-bond acceptors (Lipinski definition) is 4. The molecule has 0 saturated carbocycles. The van der Waals surface area contributed by atoms with Gasteiger partial charge in [-0.05, 0) is 31.4 Å². The van der Waals surface area contributed by atoms with Gasteiger partial charge in [-0.25, -0.2) is 0 Å². The van der Waals surface area contributed by atoms with Gasteiger partial charge in [0.25, 0.3) is 5.91 Å². The highest BCUT2D eigenvalue weighted by molar-refractivity contribution is 6.03. The summed E-state index contributed by atoms with van der Waals surface area (Å²) in [7, 11) is 0. The molecule has 0 bridgehead atoms. The molecule has 2 aromatic rings. The van der Waals surface area contributed by atoms with E-state index >= 15 is 0 Å². The molecule has 126 valence electrons. The zero-order valence-corrected chi connectivity index (χ0v) is 13.8. The zero-order valence-electron chi connectivity index (χ0n) is 13.8. The molecule has 0 spiro atoms. The van der Waals surface area contributed by atoms with E-state index in [0.717, 1.165) is 19.5 Å². The first kappa shape index (κ1) is 16.2. The van der Waals surface area contributed by atoms with Crippen molar-refractivity contribution in [1.29, 1.82) is 0 Å². The van der Waals surface area contributed by atoms with E-state index in [1.165, 1.54) is 11.1 Å². The number of rotatable bonds is 4. The smallest absolute Gasteiger partial charge is 0.271 e. The molecule has 0 aliphatic carbocycles. The third kappa shape index (κ3) is 3.03. The van der Waals surface area contributed by atoms with Crippen LogP contribution in [0.1, 0.15) is 34.2 Å². The van der Waals surface area contributed by atoms with Crippen LogP contribution >= 0.6 is 0 Å². The highest BCUT2D eigenvalue weighted by atomic mass is 16.2. The third-order valence-electron chi connectivity index (χ3n) is 4.52. The second-order valence-electron chi connectivity index (χ2n) is 6.09. The van der Waals surface area contributed by atoms with Gasteiger partial charge in [-0.3, -0.25) is 19.6 Å². The largest absolute Gasteiger partial charge is 0.364 e. The normalized spacial score (nSPS) is 15.6. The average molecular weight is 327 g/mol. The monoisotopic (exact) mass is 327 g/mol. The topological polar surface area (TPSA) is 104 Å². The number of primary amides is 1. The lowest BCUT2D eigenvalue weighted by atomic mass is 9.99. The fraction of sp³-hybridized carbons (Fsp3) is 0.353. The number of nitrogens with two attached hydrogens (primary N) is 1. The van der Waals surface area contributed by atoms with Gasteiger partial charge in [-0.2, -0.15) is 5.10 Å². The summed E-state index contributed by atoms with van der Waals surface area (Å²) < 4.78 is 0. The number of aryl methyl sites for hydroxylation is 1. The Morgan fingerprint density at radius 3 is 2.75 bits per heavy atom. The van der Waals surface area contributed by atoms with Gasteiger partial charge in [0.05, 0.1) is 17.4 Å². The van der Waals surface area contributed by atoms with Gasteiger partial charge in [0.2, 0.25) is 5.91 Å². The number of H-pyrrole nitrogens is 1. The first-order valence-electron chi connectivity index (χ1n) is 7.94. The Bertz CT molecular complexity index is 783. The lowest BCUT2D eigenvalue weighted by molar-refractivity contribution is -0.121. The van der Waals surface area contributed by atoms with E-state index in [1.54, 1.807) is 6.92 Å². The molecule has 2 heterocycles. The van der Waals surface area contributed by atoms with Crippen LogP contribution in [0.2, 0.25) is 0 Å². The van der Waals surface area contributed by atoms with Crippen molar-refractivity contribution in [3.63, 3.8) is 0 Å². The van der Waals surface area contributed by atoms with E-state index < -0.39 is 5.91 Å². The van der Waals surface area contributed by atoms with E-state index in [-0.39, 0.29) is 17.6 Å². The molecule has 1 atom stereocenters. The van der Waals surface area contributed by atoms with Crippen molar-refractivity contribution in [2.45, 2.75) is 32.9 Å². The predicted octanol–water partition coefficient (Wildman–Crippen LogP) is 1.20. The Kier molecular flexibility index (Phi) is 4.35. The first-order valence-corrected chi connectivity index (χ1v) is 7.94. The van der Waals surface area contributed by atoms with E-state index in [9.17, 15) is 9.59 Å². The molecule has 0 radical (unpaired) electrons. The summed E-state index contributed by atoms with van der Waals surface area (Å²) in [5.41, 5.74) is 8.90. The van der Waals surface area contributed by atoms with Crippen molar-refractivity contribution in [3.05, 3.63) is 46.8 Å². The number of fused-ring (bicyclic) bond motifs is 1. The molecule has 0 saturated heterocycles. The summed E-state index contributed by atoms with van der Waals surface area (Å²) in [6.45, 7) is 5.15. The summed E-state index contributed by atoms with van der Waals surface area (Å²) in [5.74, 6) is -0.851. The molecule has 3 rings (SSSR count). The maximum absolute atomic E-state index is 12.6. The van der Waals surface area contributed by atoms with Crippen molar-refractivity contribution < 1.29 is 9.59 Å². The highest BCUT2D eigenvalue weighted by Crippen LogP contribution is 2.22. The molecule has 0 unspecified atom stereocenters. The number of nitrogens with zero attached hydrogens (tertiary/aromatic N) is 2. The van der Waals surface area contributed by atoms with Crippen LogP contribution in [0, 0.1) is 6.92 Å². The number of amides is 2. The minimum Gasteiger partial charge on any atom is -0.364 e. The molecule has 0 fully saturated rings. The third-order valence-corrected chi connectivity index (χ3v) is 4.52.